The van der Waals surface area contributed by atoms with Gasteiger partial charge in [0.25, 0.3) is 0 Å². The highest BCUT2D eigenvalue weighted by molar-refractivity contribution is 9.09. The average Bonchev–Trinajstić information content (AvgIpc) is 2.45. The molecule has 1 fully saturated rings. The van der Waals surface area contributed by atoms with Gasteiger partial charge in [-0.05, 0) is 42.6 Å². The lowest BCUT2D eigenvalue weighted by Gasteiger charge is -2.43. The summed E-state index contributed by atoms with van der Waals surface area (Å²) < 4.78 is 6.00. The third kappa shape index (κ3) is 3.83. The Balaban J connectivity index is 2.26. The number of para-hydroxylation sites is 1. The van der Waals surface area contributed by atoms with Crippen molar-refractivity contribution in [2.45, 2.75) is 63.6 Å². The number of benzene rings is 1. The third-order valence-electron chi connectivity index (χ3n) is 5.00. The Hall–Kier alpha value is -0.500. The monoisotopic (exact) mass is 352 g/mol. The van der Waals surface area contributed by atoms with Crippen LogP contribution in [0.4, 0.5) is 0 Å². The Kier molecular flexibility index (Phi) is 5.76. The summed E-state index contributed by atoms with van der Waals surface area (Å²) in [7, 11) is 0. The van der Waals surface area contributed by atoms with Crippen LogP contribution in [-0.4, -0.2) is 11.4 Å². The second-order valence-corrected chi connectivity index (χ2v) is 8.28. The van der Waals surface area contributed by atoms with Gasteiger partial charge in [-0.3, -0.25) is 0 Å². The molecule has 0 spiro atoms. The standard InChI is InChI=1S/C19H29BrO/c1-5-12-21-18-9-7-6-8-16(18)19(3,4)15-11-10-14(2)13-17(15)20/h6-9,14-15,17H,5,10-13H2,1-4H3. The molecule has 1 saturated carbocycles. The first-order valence-electron chi connectivity index (χ1n) is 8.33. The fourth-order valence-electron chi connectivity index (χ4n) is 3.66. The largest absolute Gasteiger partial charge is 0.493 e. The first kappa shape index (κ1) is 16.9. The molecule has 0 radical (unpaired) electrons. The van der Waals surface area contributed by atoms with Gasteiger partial charge in [0.2, 0.25) is 0 Å². The second-order valence-electron chi connectivity index (χ2n) is 7.11. The van der Waals surface area contributed by atoms with Gasteiger partial charge in [-0.1, -0.05) is 68.2 Å². The first-order chi connectivity index (χ1) is 9.96. The van der Waals surface area contributed by atoms with Gasteiger partial charge in [0, 0.05) is 10.4 Å². The predicted molar refractivity (Wildman–Crippen MR) is 94.5 cm³/mol. The van der Waals surface area contributed by atoms with Crippen molar-refractivity contribution in [3.63, 3.8) is 0 Å². The smallest absolute Gasteiger partial charge is 0.123 e. The Morgan fingerprint density at radius 1 is 1.24 bits per heavy atom. The number of halogens is 1. The summed E-state index contributed by atoms with van der Waals surface area (Å²) in [6.45, 7) is 10.1. The lowest BCUT2D eigenvalue weighted by atomic mass is 9.65. The summed E-state index contributed by atoms with van der Waals surface area (Å²) in [5, 5.41) is 0. The molecule has 2 rings (SSSR count). The normalized spacial score (nSPS) is 26.6. The van der Waals surface area contributed by atoms with Gasteiger partial charge < -0.3 is 4.74 Å². The summed E-state index contributed by atoms with van der Waals surface area (Å²) in [6.07, 6.45) is 4.98. The molecule has 1 nitrogen and oxygen atoms in total. The molecular formula is C19H29BrO. The molecule has 0 saturated heterocycles. The van der Waals surface area contributed by atoms with E-state index in [1.54, 1.807) is 0 Å². The zero-order valence-corrected chi connectivity index (χ0v) is 15.4. The molecule has 1 aliphatic rings. The van der Waals surface area contributed by atoms with E-state index in [4.69, 9.17) is 4.74 Å². The van der Waals surface area contributed by atoms with Gasteiger partial charge in [-0.25, -0.2) is 0 Å². The van der Waals surface area contributed by atoms with Crippen LogP contribution in [0, 0.1) is 11.8 Å². The Bertz CT molecular complexity index is 455. The van der Waals surface area contributed by atoms with E-state index in [1.165, 1.54) is 24.8 Å². The first-order valence-corrected chi connectivity index (χ1v) is 9.24. The maximum atomic E-state index is 6.00. The van der Waals surface area contributed by atoms with Crippen molar-refractivity contribution in [3.05, 3.63) is 29.8 Å². The quantitative estimate of drug-likeness (QED) is 0.594. The van der Waals surface area contributed by atoms with Crippen LogP contribution >= 0.6 is 15.9 Å². The molecule has 3 unspecified atom stereocenters. The highest BCUT2D eigenvalue weighted by Crippen LogP contribution is 2.47. The van der Waals surface area contributed by atoms with Gasteiger partial charge in [0.1, 0.15) is 5.75 Å². The SMILES string of the molecule is CCCOc1ccccc1C(C)(C)C1CCC(C)CC1Br. The molecule has 0 aromatic heterocycles. The number of ether oxygens (including phenoxy) is 1. The van der Waals surface area contributed by atoms with Gasteiger partial charge in [-0.2, -0.15) is 0 Å². The Morgan fingerprint density at radius 2 is 1.95 bits per heavy atom. The van der Waals surface area contributed by atoms with Crippen molar-refractivity contribution in [3.8, 4) is 5.75 Å². The molecule has 118 valence electrons. The fraction of sp³-hybridized carbons (Fsp3) is 0.684. The van der Waals surface area contributed by atoms with Crippen molar-refractivity contribution < 1.29 is 4.74 Å². The van der Waals surface area contributed by atoms with Crippen molar-refractivity contribution in [1.82, 2.24) is 0 Å². The van der Waals surface area contributed by atoms with E-state index in [1.807, 2.05) is 0 Å². The van der Waals surface area contributed by atoms with E-state index in [-0.39, 0.29) is 5.41 Å². The van der Waals surface area contributed by atoms with Crippen LogP contribution in [0.1, 0.15) is 58.9 Å². The van der Waals surface area contributed by atoms with E-state index >= 15 is 0 Å². The summed E-state index contributed by atoms with van der Waals surface area (Å²) in [6, 6.07) is 8.61. The molecule has 1 aliphatic carbocycles. The topological polar surface area (TPSA) is 9.23 Å². The van der Waals surface area contributed by atoms with Crippen molar-refractivity contribution in [1.29, 1.82) is 0 Å². The van der Waals surface area contributed by atoms with E-state index in [0.29, 0.717) is 10.7 Å². The van der Waals surface area contributed by atoms with Crippen molar-refractivity contribution in [2.24, 2.45) is 11.8 Å². The predicted octanol–water partition coefficient (Wildman–Crippen LogP) is 5.95. The zero-order chi connectivity index (χ0) is 15.5. The molecule has 1 aromatic carbocycles. The van der Waals surface area contributed by atoms with Crippen molar-refractivity contribution in [2.75, 3.05) is 6.61 Å². The maximum absolute atomic E-state index is 6.00. The molecule has 0 heterocycles. The maximum Gasteiger partial charge on any atom is 0.123 e. The average molecular weight is 353 g/mol. The number of hydrogen-bond acceptors (Lipinski definition) is 1. The van der Waals surface area contributed by atoms with Crippen molar-refractivity contribution >= 4 is 15.9 Å². The van der Waals surface area contributed by atoms with E-state index in [9.17, 15) is 0 Å². The van der Waals surface area contributed by atoms with Gasteiger partial charge in [0.05, 0.1) is 6.61 Å². The highest BCUT2D eigenvalue weighted by Gasteiger charge is 2.40. The molecule has 0 bridgehead atoms. The van der Waals surface area contributed by atoms with Crippen LogP contribution in [0.25, 0.3) is 0 Å². The Labute approximate surface area is 138 Å². The molecule has 1 aromatic rings. The van der Waals surface area contributed by atoms with Crippen LogP contribution < -0.4 is 4.74 Å². The number of rotatable bonds is 5. The summed E-state index contributed by atoms with van der Waals surface area (Å²) >= 11 is 3.96. The lowest BCUT2D eigenvalue weighted by molar-refractivity contribution is 0.207. The molecular weight excluding hydrogens is 324 g/mol. The highest BCUT2D eigenvalue weighted by atomic mass is 79.9. The Morgan fingerprint density at radius 3 is 2.62 bits per heavy atom. The zero-order valence-electron chi connectivity index (χ0n) is 13.9. The van der Waals surface area contributed by atoms with Crippen LogP contribution in [-0.2, 0) is 5.41 Å². The molecule has 0 amide bonds. The van der Waals surface area contributed by atoms with Crippen LogP contribution in [0.3, 0.4) is 0 Å². The second kappa shape index (κ2) is 7.17. The molecule has 2 heteroatoms. The minimum atomic E-state index is 0.138. The van der Waals surface area contributed by atoms with E-state index in [2.05, 4.69) is 67.9 Å². The van der Waals surface area contributed by atoms with Crippen LogP contribution in [0.5, 0.6) is 5.75 Å². The lowest BCUT2D eigenvalue weighted by Crippen LogP contribution is -2.38. The van der Waals surface area contributed by atoms with E-state index in [0.717, 1.165) is 24.7 Å². The summed E-state index contributed by atoms with van der Waals surface area (Å²) in [4.78, 5) is 0.607. The number of hydrogen-bond donors (Lipinski definition) is 0. The molecule has 0 aliphatic heterocycles. The number of alkyl halides is 1. The fourth-order valence-corrected chi connectivity index (χ4v) is 5.22. The summed E-state index contributed by atoms with van der Waals surface area (Å²) in [5.74, 6) is 2.58. The minimum Gasteiger partial charge on any atom is -0.493 e. The third-order valence-corrected chi connectivity index (χ3v) is 6.02. The molecule has 3 atom stereocenters. The molecule has 21 heavy (non-hydrogen) atoms. The molecule has 0 N–H and O–H groups in total. The van der Waals surface area contributed by atoms with Gasteiger partial charge in [0.15, 0.2) is 0 Å². The van der Waals surface area contributed by atoms with Crippen LogP contribution in [0.2, 0.25) is 0 Å². The van der Waals surface area contributed by atoms with Gasteiger partial charge >= 0.3 is 0 Å². The van der Waals surface area contributed by atoms with Gasteiger partial charge in [-0.15, -0.1) is 0 Å². The summed E-state index contributed by atoms with van der Waals surface area (Å²) in [5.41, 5.74) is 1.50. The van der Waals surface area contributed by atoms with E-state index < -0.39 is 0 Å². The van der Waals surface area contributed by atoms with Crippen LogP contribution in [0.15, 0.2) is 24.3 Å². The minimum absolute atomic E-state index is 0.138.